The van der Waals surface area contributed by atoms with Crippen LogP contribution < -0.4 is 10.4 Å². The molecule has 5 nitrogen and oxygen atoms in total. The van der Waals surface area contributed by atoms with Crippen LogP contribution in [0.2, 0.25) is 0 Å². The van der Waals surface area contributed by atoms with E-state index in [1.807, 2.05) is 36.4 Å². The molecule has 1 fully saturated rings. The van der Waals surface area contributed by atoms with Gasteiger partial charge in [0.1, 0.15) is 23.5 Å². The average molecular weight is 403 g/mol. The van der Waals surface area contributed by atoms with E-state index in [0.717, 1.165) is 36.3 Å². The van der Waals surface area contributed by atoms with Gasteiger partial charge >= 0.3 is 5.63 Å². The van der Waals surface area contributed by atoms with E-state index in [1.54, 1.807) is 24.3 Å². The number of likely N-dealkylation sites (tertiary alicyclic amines) is 1. The number of hydrogen-bond donors (Lipinski definition) is 0. The molecule has 0 atom stereocenters. The number of rotatable bonds is 7. The zero-order valence-corrected chi connectivity index (χ0v) is 16.9. The molecule has 1 aliphatic heterocycles. The monoisotopic (exact) mass is 403 g/mol. The van der Waals surface area contributed by atoms with E-state index in [1.165, 1.54) is 25.3 Å². The van der Waals surface area contributed by atoms with Crippen molar-refractivity contribution in [3.8, 4) is 5.75 Å². The Balaban J connectivity index is 1.35. The van der Waals surface area contributed by atoms with E-state index >= 15 is 0 Å². The molecule has 2 heterocycles. The van der Waals surface area contributed by atoms with Crippen LogP contribution in [0.25, 0.3) is 17.0 Å². The van der Waals surface area contributed by atoms with Crippen molar-refractivity contribution in [2.24, 2.45) is 0 Å². The van der Waals surface area contributed by atoms with Gasteiger partial charge in [-0.1, -0.05) is 42.8 Å². The van der Waals surface area contributed by atoms with Crippen LogP contribution in [0, 0.1) is 0 Å². The Morgan fingerprint density at radius 1 is 1.03 bits per heavy atom. The minimum absolute atomic E-state index is 0.0302. The highest BCUT2D eigenvalue weighted by Crippen LogP contribution is 2.16. The number of allylic oxidation sites excluding steroid dienone is 1. The van der Waals surface area contributed by atoms with E-state index in [4.69, 9.17) is 9.15 Å². The number of ketones is 1. The van der Waals surface area contributed by atoms with Crippen molar-refractivity contribution in [2.45, 2.75) is 19.3 Å². The summed E-state index contributed by atoms with van der Waals surface area (Å²) >= 11 is 0. The van der Waals surface area contributed by atoms with Gasteiger partial charge in [0.25, 0.3) is 0 Å². The maximum absolute atomic E-state index is 12.5. The Labute approximate surface area is 175 Å². The van der Waals surface area contributed by atoms with Crippen molar-refractivity contribution in [3.05, 3.63) is 82.2 Å². The standard InChI is InChI=1S/C25H25NO4/c27-23(22-18-20-6-2-3-7-24(20)30-25(22)28)13-10-19-8-11-21(12-9-19)29-17-16-26-14-4-1-5-15-26/h2-3,6-13,18H,1,4-5,14-17H2/b13-10+. The van der Waals surface area contributed by atoms with Gasteiger partial charge in [-0.15, -0.1) is 0 Å². The van der Waals surface area contributed by atoms with Crippen LogP contribution in [0.3, 0.4) is 0 Å². The van der Waals surface area contributed by atoms with Crippen LogP contribution in [0.5, 0.6) is 5.75 Å². The minimum Gasteiger partial charge on any atom is -0.492 e. The minimum atomic E-state index is -0.624. The first kappa shape index (κ1) is 20.1. The molecule has 30 heavy (non-hydrogen) atoms. The van der Waals surface area contributed by atoms with Gasteiger partial charge in [-0.3, -0.25) is 9.69 Å². The summed E-state index contributed by atoms with van der Waals surface area (Å²) in [5.41, 5.74) is 0.735. The number of ether oxygens (including phenoxy) is 1. The van der Waals surface area contributed by atoms with E-state index in [9.17, 15) is 9.59 Å². The molecule has 0 aliphatic carbocycles. The number of carbonyl (C=O) groups excluding carboxylic acids is 1. The first-order valence-corrected chi connectivity index (χ1v) is 10.4. The Morgan fingerprint density at radius 2 is 1.80 bits per heavy atom. The molecule has 4 rings (SSSR count). The summed E-state index contributed by atoms with van der Waals surface area (Å²) in [6, 6.07) is 16.3. The first-order valence-electron chi connectivity index (χ1n) is 10.4. The van der Waals surface area contributed by atoms with Crippen molar-refractivity contribution >= 4 is 22.8 Å². The number of nitrogens with zero attached hydrogens (tertiary/aromatic N) is 1. The van der Waals surface area contributed by atoms with Crippen LogP contribution >= 0.6 is 0 Å². The lowest BCUT2D eigenvalue weighted by atomic mass is 10.1. The molecule has 5 heteroatoms. The topological polar surface area (TPSA) is 59.8 Å². The van der Waals surface area contributed by atoms with Crippen molar-refractivity contribution in [2.75, 3.05) is 26.2 Å². The molecule has 0 bridgehead atoms. The zero-order valence-electron chi connectivity index (χ0n) is 16.9. The molecule has 1 aliphatic rings. The van der Waals surface area contributed by atoms with Crippen LogP contribution in [0.1, 0.15) is 35.2 Å². The van der Waals surface area contributed by atoms with Crippen molar-refractivity contribution in [3.63, 3.8) is 0 Å². The van der Waals surface area contributed by atoms with E-state index in [0.29, 0.717) is 12.2 Å². The zero-order chi connectivity index (χ0) is 20.8. The number of para-hydroxylation sites is 1. The van der Waals surface area contributed by atoms with Gasteiger partial charge in [-0.05, 0) is 61.8 Å². The van der Waals surface area contributed by atoms with E-state index in [2.05, 4.69) is 4.90 Å². The van der Waals surface area contributed by atoms with E-state index in [-0.39, 0.29) is 11.3 Å². The van der Waals surface area contributed by atoms with Gasteiger partial charge in [0, 0.05) is 11.9 Å². The fourth-order valence-electron chi connectivity index (χ4n) is 3.65. The second kappa shape index (κ2) is 9.55. The summed E-state index contributed by atoms with van der Waals surface area (Å²) in [5, 5.41) is 0.722. The summed E-state index contributed by atoms with van der Waals surface area (Å²) in [6.07, 6.45) is 6.98. The van der Waals surface area contributed by atoms with Gasteiger partial charge in [0.05, 0.1) is 0 Å². The van der Waals surface area contributed by atoms with Crippen molar-refractivity contribution in [1.82, 2.24) is 4.90 Å². The van der Waals surface area contributed by atoms with Crippen LogP contribution in [-0.4, -0.2) is 36.9 Å². The van der Waals surface area contributed by atoms with Gasteiger partial charge in [0.2, 0.25) is 0 Å². The van der Waals surface area contributed by atoms with Gasteiger partial charge in [0.15, 0.2) is 5.78 Å². The number of carbonyl (C=O) groups is 1. The summed E-state index contributed by atoms with van der Waals surface area (Å²) in [6.45, 7) is 3.95. The second-order valence-electron chi connectivity index (χ2n) is 7.50. The van der Waals surface area contributed by atoms with E-state index < -0.39 is 5.63 Å². The Hall–Kier alpha value is -3.18. The highest BCUT2D eigenvalue weighted by molar-refractivity contribution is 6.07. The molecular weight excluding hydrogens is 378 g/mol. The third kappa shape index (κ3) is 5.05. The number of hydrogen-bond acceptors (Lipinski definition) is 5. The largest absolute Gasteiger partial charge is 0.492 e. The van der Waals surface area contributed by atoms with Crippen LogP contribution in [0.15, 0.2) is 69.9 Å². The number of benzene rings is 2. The summed E-state index contributed by atoms with van der Waals surface area (Å²) in [7, 11) is 0. The second-order valence-corrected chi connectivity index (χ2v) is 7.50. The van der Waals surface area contributed by atoms with Gasteiger partial charge < -0.3 is 9.15 Å². The summed E-state index contributed by atoms with van der Waals surface area (Å²) < 4.78 is 11.1. The third-order valence-electron chi connectivity index (χ3n) is 5.34. The molecule has 3 aromatic rings. The quantitative estimate of drug-likeness (QED) is 0.329. The molecule has 0 spiro atoms. The molecule has 1 aromatic heterocycles. The molecule has 154 valence electrons. The van der Waals surface area contributed by atoms with Crippen molar-refractivity contribution < 1.29 is 13.9 Å². The molecule has 0 radical (unpaired) electrons. The fraction of sp³-hybridized carbons (Fsp3) is 0.280. The normalized spacial score (nSPS) is 14.9. The Morgan fingerprint density at radius 3 is 2.60 bits per heavy atom. The maximum atomic E-state index is 12.5. The number of fused-ring (bicyclic) bond motifs is 1. The SMILES string of the molecule is O=C(/C=C/c1ccc(OCCN2CCCCC2)cc1)c1cc2ccccc2oc1=O. The predicted molar refractivity (Wildman–Crippen MR) is 118 cm³/mol. The van der Waals surface area contributed by atoms with Gasteiger partial charge in [-0.2, -0.15) is 0 Å². The fourth-order valence-corrected chi connectivity index (χ4v) is 3.65. The lowest BCUT2D eigenvalue weighted by Crippen LogP contribution is -2.33. The molecule has 1 saturated heterocycles. The average Bonchev–Trinajstić information content (AvgIpc) is 2.78. The van der Waals surface area contributed by atoms with Crippen LogP contribution in [-0.2, 0) is 0 Å². The maximum Gasteiger partial charge on any atom is 0.347 e. The molecule has 0 saturated carbocycles. The molecule has 0 unspecified atom stereocenters. The Bertz CT molecular complexity index is 1090. The number of piperidine rings is 1. The lowest BCUT2D eigenvalue weighted by molar-refractivity contribution is 0.104. The molecule has 0 N–H and O–H groups in total. The predicted octanol–water partition coefficient (Wildman–Crippen LogP) is 4.55. The summed E-state index contributed by atoms with van der Waals surface area (Å²) in [4.78, 5) is 27.0. The smallest absolute Gasteiger partial charge is 0.347 e. The summed E-state index contributed by atoms with van der Waals surface area (Å²) in [5.74, 6) is 0.432. The Kier molecular flexibility index (Phi) is 6.40. The highest BCUT2D eigenvalue weighted by Gasteiger charge is 2.11. The van der Waals surface area contributed by atoms with Crippen molar-refractivity contribution in [1.29, 1.82) is 0 Å². The third-order valence-corrected chi connectivity index (χ3v) is 5.34. The van der Waals surface area contributed by atoms with Crippen LogP contribution in [0.4, 0.5) is 0 Å². The lowest BCUT2D eigenvalue weighted by Gasteiger charge is -2.26. The highest BCUT2D eigenvalue weighted by atomic mass is 16.5. The van der Waals surface area contributed by atoms with Gasteiger partial charge in [-0.25, -0.2) is 4.79 Å². The molecular formula is C25H25NO4. The molecule has 2 aromatic carbocycles. The molecule has 0 amide bonds. The first-order chi connectivity index (χ1) is 14.7.